The summed E-state index contributed by atoms with van der Waals surface area (Å²) in [6.45, 7) is 2.00. The third-order valence-electron chi connectivity index (χ3n) is 6.57. The molecule has 1 saturated heterocycles. The molecule has 40 heavy (non-hydrogen) atoms. The van der Waals surface area contributed by atoms with Crippen LogP contribution in [0.15, 0.2) is 60.6 Å². The normalized spacial score (nSPS) is 18.5. The number of carbonyl (C=O) groups is 1. The highest BCUT2D eigenvalue weighted by Crippen LogP contribution is 2.36. The van der Waals surface area contributed by atoms with Gasteiger partial charge in [-0.25, -0.2) is 4.98 Å². The van der Waals surface area contributed by atoms with Gasteiger partial charge in [0.05, 0.1) is 18.4 Å². The molecule has 1 aromatic carbocycles. The summed E-state index contributed by atoms with van der Waals surface area (Å²) < 4.78 is 7.45. The van der Waals surface area contributed by atoms with Gasteiger partial charge in [0.1, 0.15) is 6.33 Å². The predicted octanol–water partition coefficient (Wildman–Crippen LogP) is 1.86. The number of hydrogen-bond donors (Lipinski definition) is 5. The first-order valence-electron chi connectivity index (χ1n) is 13.0. The lowest BCUT2D eigenvalue weighted by atomic mass is 9.98. The summed E-state index contributed by atoms with van der Waals surface area (Å²) in [5, 5.41) is 28.9. The number of carbonyl (C=O) groups excluding carboxylic acids is 1. The second kappa shape index (κ2) is 11.9. The Labute approximate surface area is 232 Å². The molecule has 4 heterocycles. The van der Waals surface area contributed by atoms with Crippen molar-refractivity contribution in [2.75, 3.05) is 37.9 Å². The fraction of sp³-hybridized carbons (Fsp3) is 0.321. The number of rotatable bonds is 7. The molecule has 1 amide bonds. The first-order valence-corrected chi connectivity index (χ1v) is 13.0. The molecular weight excluding hydrogens is 508 g/mol. The third kappa shape index (κ3) is 6.05. The van der Waals surface area contributed by atoms with Gasteiger partial charge in [-0.1, -0.05) is 17.9 Å². The molecule has 1 atom stereocenters. The number of para-hydroxylation sites is 1. The Morgan fingerprint density at radius 1 is 1.18 bits per heavy atom. The van der Waals surface area contributed by atoms with Crippen molar-refractivity contribution in [3.05, 3.63) is 66.3 Å². The van der Waals surface area contributed by atoms with Crippen LogP contribution >= 0.6 is 0 Å². The molecule has 5 N–H and O–H groups in total. The lowest BCUT2D eigenvalue weighted by Crippen LogP contribution is -2.56. The van der Waals surface area contributed by atoms with Crippen LogP contribution in [0, 0.1) is 17.8 Å². The second-order valence-electron chi connectivity index (χ2n) is 9.44. The highest BCUT2D eigenvalue weighted by molar-refractivity contribution is 5.91. The van der Waals surface area contributed by atoms with Gasteiger partial charge in [-0.2, -0.15) is 5.10 Å². The Morgan fingerprint density at radius 3 is 2.67 bits per heavy atom. The van der Waals surface area contributed by atoms with E-state index in [-0.39, 0.29) is 11.6 Å². The van der Waals surface area contributed by atoms with Crippen LogP contribution in [0.2, 0.25) is 0 Å². The van der Waals surface area contributed by atoms with Gasteiger partial charge in [-0.05, 0) is 62.3 Å². The Balaban J connectivity index is 1.45. The van der Waals surface area contributed by atoms with Crippen LogP contribution < -0.4 is 31.3 Å². The van der Waals surface area contributed by atoms with Crippen LogP contribution in [0.25, 0.3) is 11.4 Å². The molecule has 3 aromatic rings. The second-order valence-corrected chi connectivity index (χ2v) is 9.44. The van der Waals surface area contributed by atoms with Gasteiger partial charge in [0, 0.05) is 31.8 Å². The monoisotopic (exact) mass is 540 g/mol. The number of methoxy groups -OCH3 is 1. The van der Waals surface area contributed by atoms with E-state index in [9.17, 15) is 4.79 Å². The van der Waals surface area contributed by atoms with E-state index in [1.807, 2.05) is 43.6 Å². The maximum absolute atomic E-state index is 11.9. The van der Waals surface area contributed by atoms with Crippen molar-refractivity contribution in [2.24, 2.45) is 13.0 Å². The molecule has 0 radical (unpaired) electrons. The first kappa shape index (κ1) is 26.7. The zero-order valence-electron chi connectivity index (χ0n) is 22.7. The quantitative estimate of drug-likeness (QED) is 0.223. The van der Waals surface area contributed by atoms with Gasteiger partial charge in [0.25, 0.3) is 5.91 Å². The zero-order chi connectivity index (χ0) is 28.0. The number of dihydropyridines is 1. The van der Waals surface area contributed by atoms with Crippen molar-refractivity contribution in [3.63, 3.8) is 0 Å². The largest absolute Gasteiger partial charge is 0.494 e. The van der Waals surface area contributed by atoms with E-state index in [1.165, 1.54) is 0 Å². The van der Waals surface area contributed by atoms with E-state index < -0.39 is 5.79 Å². The Hall–Kier alpha value is -4.89. The van der Waals surface area contributed by atoms with Crippen molar-refractivity contribution < 1.29 is 9.53 Å². The Bertz CT molecular complexity index is 1480. The van der Waals surface area contributed by atoms with Gasteiger partial charge in [0.15, 0.2) is 23.1 Å². The summed E-state index contributed by atoms with van der Waals surface area (Å²) in [4.78, 5) is 16.3. The summed E-state index contributed by atoms with van der Waals surface area (Å²) in [6, 6.07) is 9.01. The molecule has 1 fully saturated rings. The van der Waals surface area contributed by atoms with Gasteiger partial charge in [0.2, 0.25) is 5.79 Å². The van der Waals surface area contributed by atoms with Crippen molar-refractivity contribution >= 4 is 17.4 Å². The number of hydrogen-bond acceptors (Lipinski definition) is 10. The maximum Gasteiger partial charge on any atom is 0.271 e. The molecule has 12 nitrogen and oxygen atoms in total. The standard InChI is InChI=1S/C28H32N10O2/c1-29-27(39)23-9-10-24(36-35-23)34-28(14-11-20(17-32-28)8-7-19-12-15-30-16-13-19)33-22-6-4-5-21(25(22)40-3)26-31-18-38(2)37-26/h4-6,9-11,14,17-19,30,32-33H,12-13,15-16H2,1-3H3,(H,29,39)(H,34,36). The Morgan fingerprint density at radius 2 is 2.02 bits per heavy atom. The molecule has 0 bridgehead atoms. The van der Waals surface area contributed by atoms with E-state index in [1.54, 1.807) is 37.3 Å². The van der Waals surface area contributed by atoms with Gasteiger partial charge in [-0.3, -0.25) is 9.48 Å². The highest BCUT2D eigenvalue weighted by Gasteiger charge is 2.30. The fourth-order valence-corrected chi connectivity index (χ4v) is 4.48. The van der Waals surface area contributed by atoms with Crippen LogP contribution in [0.1, 0.15) is 23.3 Å². The first-order chi connectivity index (χ1) is 19.5. The Kier molecular flexibility index (Phi) is 7.93. The van der Waals surface area contributed by atoms with Gasteiger partial charge >= 0.3 is 0 Å². The lowest BCUT2D eigenvalue weighted by Gasteiger charge is -2.36. The molecule has 1 unspecified atom stereocenters. The molecular formula is C28H32N10O2. The zero-order valence-corrected chi connectivity index (χ0v) is 22.7. The molecule has 206 valence electrons. The number of piperidine rings is 1. The molecule has 2 aromatic heterocycles. The molecule has 5 rings (SSSR count). The number of nitrogens with zero attached hydrogens (tertiary/aromatic N) is 5. The number of anilines is 2. The summed E-state index contributed by atoms with van der Waals surface area (Å²) in [5.41, 5.74) is 2.50. The summed E-state index contributed by atoms with van der Waals surface area (Å²) >= 11 is 0. The SMILES string of the molecule is CNC(=O)c1ccc(NC2(Nc3cccc(-c4ncn(C)n4)c3OC)C=CC(C#CC3CCNCC3)=CN2)nn1. The van der Waals surface area contributed by atoms with Crippen LogP contribution in [0.5, 0.6) is 5.75 Å². The molecule has 2 aliphatic rings. The third-order valence-corrected chi connectivity index (χ3v) is 6.57. The average Bonchev–Trinajstić information content (AvgIpc) is 3.43. The van der Waals surface area contributed by atoms with E-state index in [0.717, 1.165) is 37.1 Å². The predicted molar refractivity (Wildman–Crippen MR) is 152 cm³/mol. The summed E-state index contributed by atoms with van der Waals surface area (Å²) in [5.74, 6) is 7.30. The number of aryl methyl sites for hydroxylation is 1. The van der Waals surface area contributed by atoms with Crippen LogP contribution in [0.4, 0.5) is 11.5 Å². The van der Waals surface area contributed by atoms with Crippen molar-refractivity contribution in [3.8, 4) is 29.0 Å². The topological polar surface area (TPSA) is 143 Å². The van der Waals surface area contributed by atoms with E-state index in [0.29, 0.717) is 29.0 Å². The van der Waals surface area contributed by atoms with Crippen LogP contribution in [-0.4, -0.2) is 63.9 Å². The maximum atomic E-state index is 11.9. The molecule has 0 saturated carbocycles. The fourth-order valence-electron chi connectivity index (χ4n) is 4.48. The molecule has 0 aliphatic carbocycles. The average molecular weight is 541 g/mol. The van der Waals surface area contributed by atoms with Crippen LogP contribution in [-0.2, 0) is 7.05 Å². The number of amides is 1. The number of benzene rings is 1. The smallest absolute Gasteiger partial charge is 0.271 e. The van der Waals surface area contributed by atoms with Gasteiger partial charge < -0.3 is 31.3 Å². The molecule has 0 spiro atoms. The van der Waals surface area contributed by atoms with E-state index >= 15 is 0 Å². The minimum atomic E-state index is -1.04. The van der Waals surface area contributed by atoms with Crippen LogP contribution in [0.3, 0.4) is 0 Å². The van der Waals surface area contributed by atoms with Crippen molar-refractivity contribution in [1.29, 1.82) is 0 Å². The summed E-state index contributed by atoms with van der Waals surface area (Å²) in [6.07, 6.45) is 9.48. The number of aromatic nitrogens is 5. The molecule has 12 heteroatoms. The number of nitrogens with one attached hydrogen (secondary N) is 5. The molecule has 2 aliphatic heterocycles. The minimum Gasteiger partial charge on any atom is -0.494 e. The lowest BCUT2D eigenvalue weighted by molar-refractivity contribution is 0.0957. The van der Waals surface area contributed by atoms with Crippen molar-refractivity contribution in [2.45, 2.75) is 18.6 Å². The minimum absolute atomic E-state index is 0.217. The van der Waals surface area contributed by atoms with Gasteiger partial charge in [-0.15, -0.1) is 10.2 Å². The number of ether oxygens (including phenoxy) is 1. The summed E-state index contributed by atoms with van der Waals surface area (Å²) in [7, 11) is 4.97. The van der Waals surface area contributed by atoms with Crippen molar-refractivity contribution in [1.82, 2.24) is 40.9 Å². The van der Waals surface area contributed by atoms with E-state index in [4.69, 9.17) is 4.74 Å². The highest BCUT2D eigenvalue weighted by atomic mass is 16.5. The number of allylic oxidation sites excluding steroid dienone is 2. The van der Waals surface area contributed by atoms with E-state index in [2.05, 4.69) is 58.7 Å².